The van der Waals surface area contributed by atoms with E-state index in [1.807, 2.05) is 16.7 Å². The standard InChI is InChI=1S/C13H20N2O2S/c1-18-12(6-7-12)9-15-8-10(16)14-13(11(15)17)4-2-3-5-13/h2-9H2,1H3,(H,14,16). The van der Waals surface area contributed by atoms with Crippen LogP contribution in [-0.2, 0) is 9.59 Å². The molecule has 0 atom stereocenters. The summed E-state index contributed by atoms with van der Waals surface area (Å²) >= 11 is 1.84. The Morgan fingerprint density at radius 3 is 2.44 bits per heavy atom. The summed E-state index contributed by atoms with van der Waals surface area (Å²) in [5.41, 5.74) is -0.552. The van der Waals surface area contributed by atoms with Crippen molar-refractivity contribution in [2.75, 3.05) is 19.3 Å². The van der Waals surface area contributed by atoms with Gasteiger partial charge in [0.25, 0.3) is 0 Å². The first-order valence-electron chi connectivity index (χ1n) is 6.75. The Morgan fingerprint density at radius 2 is 1.89 bits per heavy atom. The Kier molecular flexibility index (Phi) is 2.84. The minimum atomic E-state index is -0.552. The van der Waals surface area contributed by atoms with E-state index in [1.54, 1.807) is 0 Å². The zero-order chi connectivity index (χ0) is 12.8. The van der Waals surface area contributed by atoms with Crippen LogP contribution in [0.4, 0.5) is 0 Å². The molecule has 1 heterocycles. The summed E-state index contributed by atoms with van der Waals surface area (Å²) < 4.78 is 0.243. The van der Waals surface area contributed by atoms with Crippen molar-refractivity contribution in [2.45, 2.75) is 48.8 Å². The van der Waals surface area contributed by atoms with Gasteiger partial charge >= 0.3 is 0 Å². The summed E-state index contributed by atoms with van der Waals surface area (Å²) in [4.78, 5) is 26.3. The highest BCUT2D eigenvalue weighted by Crippen LogP contribution is 2.48. The van der Waals surface area contributed by atoms with Gasteiger partial charge < -0.3 is 10.2 Å². The van der Waals surface area contributed by atoms with E-state index in [0.717, 1.165) is 32.2 Å². The molecule has 3 fully saturated rings. The topological polar surface area (TPSA) is 49.4 Å². The van der Waals surface area contributed by atoms with Gasteiger partial charge in [0.2, 0.25) is 11.8 Å². The van der Waals surface area contributed by atoms with Crippen molar-refractivity contribution in [3.8, 4) is 0 Å². The predicted octanol–water partition coefficient (Wildman–Crippen LogP) is 1.15. The van der Waals surface area contributed by atoms with Crippen LogP contribution in [0.1, 0.15) is 38.5 Å². The molecule has 2 amide bonds. The van der Waals surface area contributed by atoms with E-state index in [1.165, 1.54) is 12.8 Å². The predicted molar refractivity (Wildman–Crippen MR) is 71.4 cm³/mol. The third-order valence-electron chi connectivity index (χ3n) is 4.59. The highest BCUT2D eigenvalue weighted by molar-refractivity contribution is 8.00. The highest BCUT2D eigenvalue weighted by atomic mass is 32.2. The fraction of sp³-hybridized carbons (Fsp3) is 0.846. The summed E-state index contributed by atoms with van der Waals surface area (Å²) in [5, 5.41) is 2.96. The molecule has 0 bridgehead atoms. The number of hydrogen-bond acceptors (Lipinski definition) is 3. The zero-order valence-corrected chi connectivity index (χ0v) is 11.6. The maximum absolute atomic E-state index is 12.6. The van der Waals surface area contributed by atoms with Gasteiger partial charge in [-0.15, -0.1) is 0 Å². The number of carbonyl (C=O) groups excluding carboxylic acids is 2. The number of nitrogens with zero attached hydrogens (tertiary/aromatic N) is 1. The quantitative estimate of drug-likeness (QED) is 0.835. The minimum Gasteiger partial charge on any atom is -0.340 e. The lowest BCUT2D eigenvalue weighted by atomic mass is 9.93. The largest absolute Gasteiger partial charge is 0.340 e. The van der Waals surface area contributed by atoms with Crippen molar-refractivity contribution in [2.24, 2.45) is 0 Å². The van der Waals surface area contributed by atoms with Crippen molar-refractivity contribution in [1.82, 2.24) is 10.2 Å². The molecule has 3 aliphatic rings. The lowest BCUT2D eigenvalue weighted by Gasteiger charge is -2.40. The van der Waals surface area contributed by atoms with Crippen LogP contribution in [0, 0.1) is 0 Å². The number of piperazine rings is 1. The van der Waals surface area contributed by atoms with Crippen LogP contribution in [0.3, 0.4) is 0 Å². The molecule has 4 nitrogen and oxygen atoms in total. The molecule has 5 heteroatoms. The molecule has 1 saturated heterocycles. The average Bonchev–Trinajstić information content (AvgIpc) is 2.97. The van der Waals surface area contributed by atoms with Gasteiger partial charge in [0.1, 0.15) is 5.54 Å². The second kappa shape index (κ2) is 4.15. The van der Waals surface area contributed by atoms with Crippen LogP contribution in [0.25, 0.3) is 0 Å². The molecule has 18 heavy (non-hydrogen) atoms. The Hall–Kier alpha value is -0.710. The molecule has 1 N–H and O–H groups in total. The minimum absolute atomic E-state index is 0.0217. The van der Waals surface area contributed by atoms with Gasteiger partial charge in [-0.3, -0.25) is 9.59 Å². The van der Waals surface area contributed by atoms with E-state index in [9.17, 15) is 9.59 Å². The van der Waals surface area contributed by atoms with Crippen molar-refractivity contribution in [3.63, 3.8) is 0 Å². The van der Waals surface area contributed by atoms with Gasteiger partial charge in [-0.25, -0.2) is 0 Å². The first kappa shape index (κ1) is 12.3. The maximum Gasteiger partial charge on any atom is 0.248 e. The Bertz CT molecular complexity index is 386. The monoisotopic (exact) mass is 268 g/mol. The number of thioether (sulfide) groups is 1. The SMILES string of the molecule is CSC1(CN2CC(=O)NC3(CCCC3)C2=O)CC1. The third-order valence-corrected chi connectivity index (χ3v) is 5.99. The molecule has 0 unspecified atom stereocenters. The smallest absolute Gasteiger partial charge is 0.248 e. The Labute approximate surface area is 112 Å². The number of amides is 2. The molecule has 0 aromatic heterocycles. The number of rotatable bonds is 3. The average molecular weight is 268 g/mol. The summed E-state index contributed by atoms with van der Waals surface area (Å²) in [7, 11) is 0. The van der Waals surface area contributed by atoms with E-state index in [-0.39, 0.29) is 23.1 Å². The number of hydrogen-bond donors (Lipinski definition) is 1. The van der Waals surface area contributed by atoms with Gasteiger partial charge in [0.05, 0.1) is 6.54 Å². The van der Waals surface area contributed by atoms with Gasteiger partial charge in [-0.1, -0.05) is 12.8 Å². The third kappa shape index (κ3) is 1.92. The normalized spacial score (nSPS) is 28.6. The van der Waals surface area contributed by atoms with E-state index in [4.69, 9.17) is 0 Å². The van der Waals surface area contributed by atoms with Crippen LogP contribution in [0.5, 0.6) is 0 Å². The van der Waals surface area contributed by atoms with Crippen LogP contribution < -0.4 is 5.32 Å². The van der Waals surface area contributed by atoms with Crippen LogP contribution in [0.15, 0.2) is 0 Å². The molecular weight excluding hydrogens is 248 g/mol. The molecular formula is C13H20N2O2S. The Balaban J connectivity index is 1.77. The summed E-state index contributed by atoms with van der Waals surface area (Å²) in [6, 6.07) is 0. The van der Waals surface area contributed by atoms with Gasteiger partial charge in [0, 0.05) is 11.3 Å². The van der Waals surface area contributed by atoms with Crippen molar-refractivity contribution in [3.05, 3.63) is 0 Å². The summed E-state index contributed by atoms with van der Waals surface area (Å²) in [6.45, 7) is 1.01. The van der Waals surface area contributed by atoms with Crippen LogP contribution in [-0.4, -0.2) is 46.3 Å². The summed E-state index contributed by atoms with van der Waals surface area (Å²) in [5.74, 6) is 0.188. The van der Waals surface area contributed by atoms with Gasteiger partial charge in [-0.2, -0.15) is 11.8 Å². The molecule has 2 saturated carbocycles. The second-order valence-corrected chi connectivity index (χ2v) is 7.16. The molecule has 1 spiro atoms. The first-order chi connectivity index (χ1) is 8.59. The van der Waals surface area contributed by atoms with E-state index in [0.29, 0.717) is 0 Å². The molecule has 0 aromatic carbocycles. The fourth-order valence-electron chi connectivity index (χ4n) is 3.27. The first-order valence-corrected chi connectivity index (χ1v) is 7.97. The van der Waals surface area contributed by atoms with Gasteiger partial charge in [0.15, 0.2) is 0 Å². The van der Waals surface area contributed by atoms with Crippen molar-refractivity contribution >= 4 is 23.6 Å². The van der Waals surface area contributed by atoms with E-state index >= 15 is 0 Å². The molecule has 2 aliphatic carbocycles. The van der Waals surface area contributed by atoms with Crippen LogP contribution >= 0.6 is 11.8 Å². The molecule has 100 valence electrons. The molecule has 3 rings (SSSR count). The van der Waals surface area contributed by atoms with Crippen molar-refractivity contribution in [1.29, 1.82) is 0 Å². The van der Waals surface area contributed by atoms with Crippen molar-refractivity contribution < 1.29 is 9.59 Å². The lowest BCUT2D eigenvalue weighted by molar-refractivity contribution is -0.149. The molecule has 0 aromatic rings. The van der Waals surface area contributed by atoms with E-state index in [2.05, 4.69) is 11.6 Å². The maximum atomic E-state index is 12.6. The highest BCUT2D eigenvalue weighted by Gasteiger charge is 2.52. The lowest BCUT2D eigenvalue weighted by Crippen LogP contribution is -2.66. The number of nitrogens with one attached hydrogen (secondary N) is 1. The summed E-state index contributed by atoms with van der Waals surface area (Å²) in [6.07, 6.45) is 8.19. The Morgan fingerprint density at radius 1 is 1.22 bits per heavy atom. The zero-order valence-electron chi connectivity index (χ0n) is 10.8. The second-order valence-electron chi connectivity index (χ2n) is 5.89. The van der Waals surface area contributed by atoms with Crippen LogP contribution in [0.2, 0.25) is 0 Å². The van der Waals surface area contributed by atoms with E-state index < -0.39 is 5.54 Å². The van der Waals surface area contributed by atoms with Gasteiger partial charge in [-0.05, 0) is 31.9 Å². The molecule has 1 aliphatic heterocycles. The number of carbonyl (C=O) groups is 2. The fourth-order valence-corrected chi connectivity index (χ4v) is 4.06. The molecule has 0 radical (unpaired) electrons.